The topological polar surface area (TPSA) is 64.5 Å². The van der Waals surface area contributed by atoms with Gasteiger partial charge in [0.15, 0.2) is 11.6 Å². The lowest BCUT2D eigenvalue weighted by molar-refractivity contribution is 1.15. The SMILES string of the molecule is c1cc(-c2ncc3ccc4ccccc4c3n2)nc(-c2ncc3ccc4ccccc4c3n2)c1. The number of fused-ring (bicyclic) bond motifs is 6. The highest BCUT2D eigenvalue weighted by Gasteiger charge is 2.11. The summed E-state index contributed by atoms with van der Waals surface area (Å²) in [4.78, 5) is 23.8. The Morgan fingerprint density at radius 1 is 0.382 bits per heavy atom. The van der Waals surface area contributed by atoms with Crippen molar-refractivity contribution in [1.82, 2.24) is 24.9 Å². The van der Waals surface area contributed by atoms with Crippen molar-refractivity contribution in [3.05, 3.63) is 103 Å². The summed E-state index contributed by atoms with van der Waals surface area (Å²) in [6.07, 6.45) is 3.72. The molecule has 0 aliphatic rings. The lowest BCUT2D eigenvalue weighted by Gasteiger charge is -2.07. The molecule has 3 aromatic heterocycles. The van der Waals surface area contributed by atoms with Crippen LogP contribution in [0.5, 0.6) is 0 Å². The van der Waals surface area contributed by atoms with Crippen LogP contribution >= 0.6 is 0 Å². The molecule has 0 aliphatic heterocycles. The smallest absolute Gasteiger partial charge is 0.178 e. The first-order valence-electron chi connectivity index (χ1n) is 11.1. The van der Waals surface area contributed by atoms with Crippen LogP contribution in [0.1, 0.15) is 0 Å². The number of aromatic nitrogens is 5. The van der Waals surface area contributed by atoms with E-state index >= 15 is 0 Å². The van der Waals surface area contributed by atoms with E-state index in [1.165, 1.54) is 0 Å². The zero-order valence-corrected chi connectivity index (χ0v) is 18.1. The van der Waals surface area contributed by atoms with E-state index in [1.807, 2.05) is 54.9 Å². The second kappa shape index (κ2) is 7.39. The largest absolute Gasteiger partial charge is 0.241 e. The van der Waals surface area contributed by atoms with Gasteiger partial charge in [0.2, 0.25) is 0 Å². The maximum Gasteiger partial charge on any atom is 0.178 e. The third kappa shape index (κ3) is 2.98. The van der Waals surface area contributed by atoms with Crippen molar-refractivity contribution in [2.45, 2.75) is 0 Å². The highest BCUT2D eigenvalue weighted by atomic mass is 14.9. The van der Waals surface area contributed by atoms with Crippen LogP contribution in [0, 0.1) is 0 Å². The predicted octanol–water partition coefficient (Wildman–Crippen LogP) is 6.61. The van der Waals surface area contributed by atoms with Crippen LogP contribution in [0.4, 0.5) is 0 Å². The fourth-order valence-corrected chi connectivity index (χ4v) is 4.46. The van der Waals surface area contributed by atoms with Gasteiger partial charge in [-0.05, 0) is 22.9 Å². The quantitative estimate of drug-likeness (QED) is 0.286. The summed E-state index contributed by atoms with van der Waals surface area (Å²) in [5, 5.41) is 6.51. The summed E-state index contributed by atoms with van der Waals surface area (Å²) in [6.45, 7) is 0. The van der Waals surface area contributed by atoms with Crippen LogP contribution in [0.2, 0.25) is 0 Å². The zero-order chi connectivity index (χ0) is 22.5. The van der Waals surface area contributed by atoms with Crippen molar-refractivity contribution >= 4 is 43.4 Å². The number of benzene rings is 4. The molecule has 7 rings (SSSR count). The van der Waals surface area contributed by atoms with Gasteiger partial charge in [0.25, 0.3) is 0 Å². The molecule has 0 bridgehead atoms. The van der Waals surface area contributed by atoms with Crippen LogP contribution < -0.4 is 0 Å². The van der Waals surface area contributed by atoms with E-state index < -0.39 is 0 Å². The van der Waals surface area contributed by atoms with Crippen LogP contribution in [-0.2, 0) is 0 Å². The number of hydrogen-bond acceptors (Lipinski definition) is 5. The Hall–Kier alpha value is -4.77. The minimum atomic E-state index is 0.581. The fourth-order valence-electron chi connectivity index (χ4n) is 4.46. The van der Waals surface area contributed by atoms with Gasteiger partial charge >= 0.3 is 0 Å². The lowest BCUT2D eigenvalue weighted by atomic mass is 10.1. The molecule has 5 nitrogen and oxygen atoms in total. The van der Waals surface area contributed by atoms with Gasteiger partial charge in [-0.3, -0.25) is 0 Å². The van der Waals surface area contributed by atoms with E-state index in [4.69, 9.17) is 15.0 Å². The minimum Gasteiger partial charge on any atom is -0.241 e. The van der Waals surface area contributed by atoms with Gasteiger partial charge in [0, 0.05) is 33.9 Å². The standard InChI is InChI=1S/C29H17N5/c1-3-8-22-18(6-1)12-14-20-16-30-28(33-26(20)22)24-10-5-11-25(32-24)29-31-17-21-15-13-19-7-2-4-9-23(19)27(21)34-29/h1-17H. The Morgan fingerprint density at radius 2 is 0.853 bits per heavy atom. The predicted molar refractivity (Wildman–Crippen MR) is 136 cm³/mol. The third-order valence-electron chi connectivity index (χ3n) is 6.16. The van der Waals surface area contributed by atoms with Crippen molar-refractivity contribution in [2.75, 3.05) is 0 Å². The molecule has 0 N–H and O–H groups in total. The number of rotatable bonds is 2. The summed E-state index contributed by atoms with van der Waals surface area (Å²) >= 11 is 0. The van der Waals surface area contributed by atoms with Gasteiger partial charge in [-0.1, -0.05) is 78.9 Å². The number of hydrogen-bond donors (Lipinski definition) is 0. The molecule has 0 fully saturated rings. The molecule has 0 unspecified atom stereocenters. The van der Waals surface area contributed by atoms with Crippen molar-refractivity contribution < 1.29 is 0 Å². The summed E-state index contributed by atoms with van der Waals surface area (Å²) < 4.78 is 0. The van der Waals surface area contributed by atoms with Crippen LogP contribution in [0.3, 0.4) is 0 Å². The Morgan fingerprint density at radius 3 is 1.38 bits per heavy atom. The molecule has 0 saturated heterocycles. The first-order chi connectivity index (χ1) is 16.8. The van der Waals surface area contributed by atoms with Crippen LogP contribution in [0.15, 0.2) is 103 Å². The summed E-state index contributed by atoms with van der Waals surface area (Å²) in [6, 6.07) is 30.6. The van der Waals surface area contributed by atoms with Gasteiger partial charge in [-0.2, -0.15) is 0 Å². The molecule has 0 atom stereocenters. The Kier molecular flexibility index (Phi) is 4.08. The molecule has 0 aliphatic carbocycles. The fraction of sp³-hybridized carbons (Fsp3) is 0. The highest BCUT2D eigenvalue weighted by molar-refractivity contribution is 6.06. The molecule has 0 saturated carbocycles. The van der Waals surface area contributed by atoms with E-state index in [2.05, 4.69) is 58.5 Å². The van der Waals surface area contributed by atoms with E-state index in [0.29, 0.717) is 23.0 Å². The summed E-state index contributed by atoms with van der Waals surface area (Å²) in [7, 11) is 0. The molecule has 0 radical (unpaired) electrons. The first-order valence-corrected chi connectivity index (χ1v) is 11.1. The molecule has 34 heavy (non-hydrogen) atoms. The number of nitrogens with zero attached hydrogens (tertiary/aromatic N) is 5. The second-order valence-electron chi connectivity index (χ2n) is 8.24. The zero-order valence-electron chi connectivity index (χ0n) is 18.1. The molecule has 3 heterocycles. The van der Waals surface area contributed by atoms with Gasteiger partial charge in [-0.15, -0.1) is 0 Å². The van der Waals surface area contributed by atoms with Crippen molar-refractivity contribution in [3.63, 3.8) is 0 Å². The molecule has 0 spiro atoms. The molecule has 4 aromatic carbocycles. The molecular weight excluding hydrogens is 418 g/mol. The van der Waals surface area contributed by atoms with E-state index in [0.717, 1.165) is 43.4 Å². The average molecular weight is 435 g/mol. The van der Waals surface area contributed by atoms with Gasteiger partial charge in [0.05, 0.1) is 11.0 Å². The summed E-state index contributed by atoms with van der Waals surface area (Å²) in [5.74, 6) is 1.16. The van der Waals surface area contributed by atoms with E-state index in [-0.39, 0.29) is 0 Å². The van der Waals surface area contributed by atoms with E-state index in [9.17, 15) is 0 Å². The average Bonchev–Trinajstić information content (AvgIpc) is 2.92. The van der Waals surface area contributed by atoms with E-state index in [1.54, 1.807) is 0 Å². The van der Waals surface area contributed by atoms with Gasteiger partial charge in [0.1, 0.15) is 11.4 Å². The highest BCUT2D eigenvalue weighted by Crippen LogP contribution is 2.27. The van der Waals surface area contributed by atoms with Crippen LogP contribution in [-0.4, -0.2) is 24.9 Å². The maximum absolute atomic E-state index is 4.88. The van der Waals surface area contributed by atoms with Crippen molar-refractivity contribution in [3.8, 4) is 23.0 Å². The van der Waals surface area contributed by atoms with Gasteiger partial charge < -0.3 is 0 Å². The molecule has 5 heteroatoms. The molecular formula is C29H17N5. The Bertz CT molecular complexity index is 1740. The maximum atomic E-state index is 4.88. The Balaban J connectivity index is 1.38. The monoisotopic (exact) mass is 435 g/mol. The van der Waals surface area contributed by atoms with Crippen LogP contribution in [0.25, 0.3) is 66.4 Å². The van der Waals surface area contributed by atoms with Crippen molar-refractivity contribution in [2.24, 2.45) is 0 Å². The first kappa shape index (κ1) is 18.8. The minimum absolute atomic E-state index is 0.581. The third-order valence-corrected chi connectivity index (χ3v) is 6.16. The van der Waals surface area contributed by atoms with Gasteiger partial charge in [-0.25, -0.2) is 24.9 Å². The molecule has 158 valence electrons. The van der Waals surface area contributed by atoms with Crippen molar-refractivity contribution in [1.29, 1.82) is 0 Å². The second-order valence-corrected chi connectivity index (χ2v) is 8.24. The normalized spacial score (nSPS) is 11.5. The summed E-state index contributed by atoms with van der Waals surface area (Å²) in [5.41, 5.74) is 3.22. The lowest BCUT2D eigenvalue weighted by Crippen LogP contribution is -1.97. The Labute approximate surface area is 194 Å². The molecule has 7 aromatic rings. The number of pyridine rings is 1. The molecule has 0 amide bonds.